The molecular formula is C27H33N5O3. The molecule has 0 radical (unpaired) electrons. The first kappa shape index (κ1) is 24.5. The first-order valence-electron chi connectivity index (χ1n) is 12.2. The van der Waals surface area contributed by atoms with Gasteiger partial charge < -0.3 is 24.7 Å². The summed E-state index contributed by atoms with van der Waals surface area (Å²) in [5, 5.41) is 6.55. The second-order valence-corrected chi connectivity index (χ2v) is 8.35. The van der Waals surface area contributed by atoms with Crippen LogP contribution >= 0.6 is 0 Å². The van der Waals surface area contributed by atoms with Crippen LogP contribution in [-0.4, -0.2) is 49.1 Å². The molecule has 4 rings (SSSR count). The van der Waals surface area contributed by atoms with Gasteiger partial charge in [0.25, 0.3) is 0 Å². The van der Waals surface area contributed by atoms with Crippen molar-refractivity contribution in [2.75, 3.05) is 43.6 Å². The number of nitrogens with one attached hydrogen (secondary N) is 2. The second-order valence-electron chi connectivity index (χ2n) is 8.35. The molecule has 0 saturated carbocycles. The topological polar surface area (TPSA) is 92.5 Å². The fraction of sp³-hybridized carbons (Fsp3) is 0.370. The molecule has 1 saturated heterocycles. The highest BCUT2D eigenvalue weighted by molar-refractivity contribution is 5.98. The van der Waals surface area contributed by atoms with Crippen LogP contribution in [-0.2, 0) is 11.2 Å². The Morgan fingerprint density at radius 1 is 1.14 bits per heavy atom. The molecule has 0 atom stereocenters. The summed E-state index contributed by atoms with van der Waals surface area (Å²) in [5.41, 5.74) is 3.56. The number of Topliss-reactive ketones (excluding diaryl/α,β-unsaturated/α-hetero) is 1. The number of carbonyl (C=O) groups excluding carboxylic acids is 1. The molecule has 1 aliphatic rings. The molecule has 2 N–H and O–H groups in total. The highest BCUT2D eigenvalue weighted by atomic mass is 16.5. The maximum absolute atomic E-state index is 12.3. The molecule has 0 spiro atoms. The quantitative estimate of drug-likeness (QED) is 0.322. The molecule has 8 nitrogen and oxygen atoms in total. The van der Waals surface area contributed by atoms with Crippen LogP contribution in [0, 0.1) is 0 Å². The summed E-state index contributed by atoms with van der Waals surface area (Å²) >= 11 is 0. The Hall–Kier alpha value is -3.65. The third kappa shape index (κ3) is 6.08. The number of nitrogens with zero attached hydrogens (tertiary/aromatic N) is 3. The van der Waals surface area contributed by atoms with Crippen molar-refractivity contribution in [1.82, 2.24) is 15.3 Å². The molecule has 3 aromatic rings. The summed E-state index contributed by atoms with van der Waals surface area (Å²) in [7, 11) is 1.86. The van der Waals surface area contributed by atoms with Crippen molar-refractivity contribution in [2.45, 2.75) is 33.1 Å². The van der Waals surface area contributed by atoms with E-state index in [1.54, 1.807) is 6.07 Å². The molecular weight excluding hydrogens is 442 g/mol. The van der Waals surface area contributed by atoms with Crippen molar-refractivity contribution < 1.29 is 13.9 Å². The summed E-state index contributed by atoms with van der Waals surface area (Å²) in [4.78, 5) is 23.9. The maximum Gasteiger partial charge on any atom is 0.231 e. The van der Waals surface area contributed by atoms with Gasteiger partial charge in [0.15, 0.2) is 22.9 Å². The van der Waals surface area contributed by atoms with E-state index in [1.807, 2.05) is 20.0 Å². The first-order valence-corrected chi connectivity index (χ1v) is 12.2. The van der Waals surface area contributed by atoms with Crippen LogP contribution in [0.2, 0.25) is 0 Å². The van der Waals surface area contributed by atoms with Crippen LogP contribution in [0.1, 0.15) is 42.8 Å². The van der Waals surface area contributed by atoms with Crippen molar-refractivity contribution in [3.8, 4) is 0 Å². The average Bonchev–Trinajstić information content (AvgIpc) is 3.33. The number of carbonyl (C=O) groups is 1. The molecule has 0 amide bonds. The molecule has 2 aromatic heterocycles. The van der Waals surface area contributed by atoms with E-state index in [-0.39, 0.29) is 5.78 Å². The molecule has 184 valence electrons. The summed E-state index contributed by atoms with van der Waals surface area (Å²) in [6.45, 7) is 6.56. The van der Waals surface area contributed by atoms with Crippen LogP contribution < -0.4 is 15.5 Å². The van der Waals surface area contributed by atoms with E-state index in [4.69, 9.17) is 14.1 Å². The normalized spacial score (nSPS) is 14.9. The Morgan fingerprint density at radius 2 is 1.91 bits per heavy atom. The molecule has 1 aliphatic heterocycles. The van der Waals surface area contributed by atoms with Gasteiger partial charge in [-0.15, -0.1) is 0 Å². The van der Waals surface area contributed by atoms with Crippen molar-refractivity contribution in [3.05, 3.63) is 71.3 Å². The third-order valence-electron chi connectivity index (χ3n) is 5.82. The lowest BCUT2D eigenvalue weighted by Crippen LogP contribution is -2.37. The van der Waals surface area contributed by atoms with E-state index in [1.165, 1.54) is 11.1 Å². The molecule has 3 heterocycles. The SMILES string of the molecule is CC/C=C(\C=C(/NC)Nc1nc(N2CCOCC2)c2oc(C(=O)CC)cc2n1)Cc1ccccc1. The van der Waals surface area contributed by atoms with Crippen molar-refractivity contribution >= 4 is 28.6 Å². The Morgan fingerprint density at radius 3 is 2.60 bits per heavy atom. The lowest BCUT2D eigenvalue weighted by molar-refractivity contribution is 0.0963. The van der Waals surface area contributed by atoms with Crippen LogP contribution in [0.5, 0.6) is 0 Å². The average molecular weight is 476 g/mol. The van der Waals surface area contributed by atoms with Gasteiger partial charge in [-0.2, -0.15) is 4.98 Å². The monoisotopic (exact) mass is 475 g/mol. The largest absolute Gasteiger partial charge is 0.447 e. The number of aromatic nitrogens is 2. The van der Waals surface area contributed by atoms with Crippen LogP contribution in [0.15, 0.2) is 64.4 Å². The number of ketones is 1. The summed E-state index contributed by atoms with van der Waals surface area (Å²) in [5.74, 6) is 2.13. The number of hydrogen-bond acceptors (Lipinski definition) is 8. The molecule has 1 fully saturated rings. The van der Waals surface area contributed by atoms with E-state index >= 15 is 0 Å². The van der Waals surface area contributed by atoms with Gasteiger partial charge in [0.2, 0.25) is 5.95 Å². The number of hydrogen-bond donors (Lipinski definition) is 2. The molecule has 1 aromatic carbocycles. The minimum absolute atomic E-state index is 0.0588. The van der Waals surface area contributed by atoms with Crippen LogP contribution in [0.4, 0.5) is 11.8 Å². The van der Waals surface area contributed by atoms with E-state index < -0.39 is 0 Å². The van der Waals surface area contributed by atoms with Crippen LogP contribution in [0.25, 0.3) is 11.1 Å². The predicted octanol–water partition coefficient (Wildman–Crippen LogP) is 4.70. The zero-order valence-electron chi connectivity index (χ0n) is 20.6. The number of rotatable bonds is 10. The fourth-order valence-corrected chi connectivity index (χ4v) is 4.02. The van der Waals surface area contributed by atoms with E-state index in [0.29, 0.717) is 61.4 Å². The van der Waals surface area contributed by atoms with Gasteiger partial charge >= 0.3 is 0 Å². The van der Waals surface area contributed by atoms with Gasteiger partial charge in [0, 0.05) is 32.6 Å². The molecule has 35 heavy (non-hydrogen) atoms. The predicted molar refractivity (Wildman–Crippen MR) is 139 cm³/mol. The molecule has 0 bridgehead atoms. The van der Waals surface area contributed by atoms with E-state index in [0.717, 1.165) is 18.7 Å². The second kappa shape index (κ2) is 11.7. The van der Waals surface area contributed by atoms with Crippen molar-refractivity contribution in [3.63, 3.8) is 0 Å². The zero-order chi connectivity index (χ0) is 24.6. The Labute approximate surface area is 206 Å². The van der Waals surface area contributed by atoms with Crippen LogP contribution in [0.3, 0.4) is 0 Å². The fourth-order valence-electron chi connectivity index (χ4n) is 4.02. The van der Waals surface area contributed by atoms with Gasteiger partial charge in [-0.1, -0.05) is 50.3 Å². The number of anilines is 2. The van der Waals surface area contributed by atoms with Gasteiger partial charge in [-0.05, 0) is 30.1 Å². The Bertz CT molecular complexity index is 1210. The highest BCUT2D eigenvalue weighted by Gasteiger charge is 2.22. The number of ether oxygens (including phenoxy) is 1. The minimum Gasteiger partial charge on any atom is -0.447 e. The highest BCUT2D eigenvalue weighted by Crippen LogP contribution is 2.30. The van der Waals surface area contributed by atoms with Gasteiger partial charge in [-0.25, -0.2) is 4.98 Å². The van der Waals surface area contributed by atoms with E-state index in [9.17, 15) is 4.79 Å². The van der Waals surface area contributed by atoms with Gasteiger partial charge in [0.05, 0.1) is 13.2 Å². The van der Waals surface area contributed by atoms with Gasteiger partial charge in [-0.3, -0.25) is 4.79 Å². The number of morpholine rings is 1. The smallest absolute Gasteiger partial charge is 0.231 e. The lowest BCUT2D eigenvalue weighted by atomic mass is 10.0. The number of benzene rings is 1. The standard InChI is InChI=1S/C27H33N5O3/c1-4-9-20(16-19-10-7-6-8-11-19)17-24(28-3)30-27-29-21-18-23(22(33)5-2)35-25(21)26(31-27)32-12-14-34-15-13-32/h6-11,17-18,28H,4-5,12-16H2,1-3H3,(H,29,30,31)/b20-9-,24-17+. The Kier molecular flexibility index (Phi) is 8.15. The minimum atomic E-state index is -0.0588. The molecule has 8 heteroatoms. The lowest BCUT2D eigenvalue weighted by Gasteiger charge is -2.27. The number of furan rings is 1. The number of fused-ring (bicyclic) bond motifs is 1. The molecule has 0 aliphatic carbocycles. The van der Waals surface area contributed by atoms with Gasteiger partial charge in [0.1, 0.15) is 11.3 Å². The van der Waals surface area contributed by atoms with E-state index in [2.05, 4.69) is 63.9 Å². The summed E-state index contributed by atoms with van der Waals surface area (Å²) < 4.78 is 11.4. The van der Waals surface area contributed by atoms with Crippen molar-refractivity contribution in [2.24, 2.45) is 0 Å². The molecule has 0 unspecified atom stereocenters. The third-order valence-corrected chi connectivity index (χ3v) is 5.82. The Balaban J connectivity index is 1.67. The summed E-state index contributed by atoms with van der Waals surface area (Å²) in [6.07, 6.45) is 6.42. The number of allylic oxidation sites excluding steroid dienone is 3. The maximum atomic E-state index is 12.3. The zero-order valence-corrected chi connectivity index (χ0v) is 20.6. The summed E-state index contributed by atoms with van der Waals surface area (Å²) in [6, 6.07) is 12.1. The van der Waals surface area contributed by atoms with Crippen molar-refractivity contribution in [1.29, 1.82) is 0 Å². The first-order chi connectivity index (χ1) is 17.1.